The first-order valence-corrected chi connectivity index (χ1v) is 4.22. The third kappa shape index (κ3) is 1.60. The molecule has 0 bridgehead atoms. The monoisotopic (exact) mass is 216 g/mol. The van der Waals surface area contributed by atoms with E-state index < -0.39 is 30.1 Å². The van der Waals surface area contributed by atoms with E-state index in [1.165, 1.54) is 14.1 Å². The van der Waals surface area contributed by atoms with Crippen LogP contribution in [0.5, 0.6) is 0 Å². The number of likely N-dealkylation sites (N-methyl/N-ethyl adjacent to an activating group) is 2. The van der Waals surface area contributed by atoms with Crippen molar-refractivity contribution in [1.29, 1.82) is 0 Å². The number of urea groups is 1. The molecule has 1 aliphatic rings. The summed E-state index contributed by atoms with van der Waals surface area (Å²) in [5, 5.41) is 8.91. The molecule has 0 aliphatic carbocycles. The Morgan fingerprint density at radius 3 is 2.13 bits per heavy atom. The summed E-state index contributed by atoms with van der Waals surface area (Å²) in [6.45, 7) is 0. The maximum Gasteiger partial charge on any atom is 0.331 e. The fraction of sp³-hybridized carbons (Fsp3) is 0.625. The number of aliphatic carboxylic acids is 1. The van der Waals surface area contributed by atoms with Crippen LogP contribution < -0.4 is 0 Å². The van der Waals surface area contributed by atoms with Crippen LogP contribution in [0.15, 0.2) is 0 Å². The van der Waals surface area contributed by atoms with Gasteiger partial charge in [0.25, 0.3) is 0 Å². The summed E-state index contributed by atoms with van der Waals surface area (Å²) in [5.74, 6) is -1.96. The lowest BCUT2D eigenvalue weighted by Crippen LogP contribution is -2.46. The van der Waals surface area contributed by atoms with Gasteiger partial charge >= 0.3 is 18.0 Å². The number of amides is 2. The number of methoxy groups -OCH3 is 1. The standard InChI is InChI=1S/C8H12N2O5/c1-9-4(6(11)12)5(7(13)15-3)10(2)8(9)14/h4-5H,1-3H3,(H,11,12). The molecule has 7 heteroatoms. The summed E-state index contributed by atoms with van der Waals surface area (Å²) >= 11 is 0. The van der Waals surface area contributed by atoms with Gasteiger partial charge in [0.05, 0.1) is 7.11 Å². The zero-order chi connectivity index (χ0) is 11.7. The van der Waals surface area contributed by atoms with Gasteiger partial charge in [-0.05, 0) is 0 Å². The quantitative estimate of drug-likeness (QED) is 0.597. The van der Waals surface area contributed by atoms with Crippen molar-refractivity contribution in [1.82, 2.24) is 9.80 Å². The normalized spacial score (nSPS) is 25.7. The number of nitrogens with zero attached hydrogens (tertiary/aromatic N) is 2. The lowest BCUT2D eigenvalue weighted by atomic mass is 10.1. The number of carboxylic acids is 1. The van der Waals surface area contributed by atoms with Gasteiger partial charge in [-0.2, -0.15) is 0 Å². The maximum absolute atomic E-state index is 11.4. The van der Waals surface area contributed by atoms with Crippen LogP contribution in [0, 0.1) is 0 Å². The Bertz CT molecular complexity index is 316. The van der Waals surface area contributed by atoms with Crippen LogP contribution in [0.25, 0.3) is 0 Å². The molecule has 0 radical (unpaired) electrons. The highest BCUT2D eigenvalue weighted by Gasteiger charge is 2.50. The van der Waals surface area contributed by atoms with Gasteiger partial charge in [0.2, 0.25) is 0 Å². The molecule has 84 valence electrons. The summed E-state index contributed by atoms with van der Waals surface area (Å²) < 4.78 is 4.46. The van der Waals surface area contributed by atoms with Crippen molar-refractivity contribution in [3.8, 4) is 0 Å². The van der Waals surface area contributed by atoms with Gasteiger partial charge in [-0.15, -0.1) is 0 Å². The zero-order valence-electron chi connectivity index (χ0n) is 8.63. The molecule has 0 spiro atoms. The maximum atomic E-state index is 11.4. The van der Waals surface area contributed by atoms with Gasteiger partial charge in [0, 0.05) is 14.1 Å². The number of carboxylic acid groups (broad SMARTS) is 1. The van der Waals surface area contributed by atoms with Crippen LogP contribution >= 0.6 is 0 Å². The molecule has 0 aromatic rings. The molecule has 15 heavy (non-hydrogen) atoms. The Morgan fingerprint density at radius 2 is 1.73 bits per heavy atom. The second kappa shape index (κ2) is 3.76. The van der Waals surface area contributed by atoms with Crippen molar-refractivity contribution in [3.05, 3.63) is 0 Å². The van der Waals surface area contributed by atoms with Crippen LogP contribution in [0.4, 0.5) is 4.79 Å². The van der Waals surface area contributed by atoms with Crippen molar-refractivity contribution in [2.75, 3.05) is 21.2 Å². The van der Waals surface area contributed by atoms with Gasteiger partial charge in [-0.3, -0.25) is 0 Å². The second-order valence-corrected chi connectivity index (χ2v) is 3.26. The lowest BCUT2D eigenvalue weighted by Gasteiger charge is -2.18. The fourth-order valence-electron chi connectivity index (χ4n) is 1.62. The first-order valence-electron chi connectivity index (χ1n) is 4.22. The summed E-state index contributed by atoms with van der Waals surface area (Å²) in [5.41, 5.74) is 0. The summed E-state index contributed by atoms with van der Waals surface area (Å²) in [6, 6.07) is -2.81. The molecule has 0 aromatic heterocycles. The average Bonchev–Trinajstić information content (AvgIpc) is 2.41. The second-order valence-electron chi connectivity index (χ2n) is 3.26. The van der Waals surface area contributed by atoms with Crippen LogP contribution in [0.2, 0.25) is 0 Å². The average molecular weight is 216 g/mol. The largest absolute Gasteiger partial charge is 0.480 e. The number of rotatable bonds is 2. The predicted molar refractivity (Wildman–Crippen MR) is 48.1 cm³/mol. The molecule has 0 aromatic carbocycles. The van der Waals surface area contributed by atoms with Gasteiger partial charge in [0.1, 0.15) is 0 Å². The van der Waals surface area contributed by atoms with E-state index in [1.807, 2.05) is 0 Å². The van der Waals surface area contributed by atoms with Crippen LogP contribution in [0.3, 0.4) is 0 Å². The highest BCUT2D eigenvalue weighted by Crippen LogP contribution is 2.21. The van der Waals surface area contributed by atoms with Crippen molar-refractivity contribution in [3.63, 3.8) is 0 Å². The Labute approximate surface area is 86.2 Å². The molecule has 1 rings (SSSR count). The van der Waals surface area contributed by atoms with Crippen molar-refractivity contribution in [2.24, 2.45) is 0 Å². The van der Waals surface area contributed by atoms with E-state index >= 15 is 0 Å². The minimum atomic E-state index is -1.23. The van der Waals surface area contributed by atoms with Crippen molar-refractivity contribution >= 4 is 18.0 Å². The number of carbonyl (C=O) groups excluding carboxylic acids is 2. The van der Waals surface area contributed by atoms with Crippen LogP contribution in [-0.2, 0) is 14.3 Å². The number of esters is 1. The van der Waals surface area contributed by atoms with Crippen LogP contribution in [0.1, 0.15) is 0 Å². The molecule has 7 nitrogen and oxygen atoms in total. The molecule has 1 aliphatic heterocycles. The topological polar surface area (TPSA) is 87.1 Å². The Hall–Kier alpha value is -1.79. The first-order chi connectivity index (χ1) is 6.91. The fourth-order valence-corrected chi connectivity index (χ4v) is 1.62. The minimum absolute atomic E-state index is 0.516. The molecule has 1 fully saturated rings. The third-order valence-corrected chi connectivity index (χ3v) is 2.43. The Kier molecular flexibility index (Phi) is 2.83. The van der Waals surface area contributed by atoms with E-state index in [0.29, 0.717) is 0 Å². The molecule has 2 amide bonds. The Balaban J connectivity index is 3.06. The number of hydrogen-bond acceptors (Lipinski definition) is 4. The molecular formula is C8H12N2O5. The molecule has 0 saturated carbocycles. The molecular weight excluding hydrogens is 204 g/mol. The highest BCUT2D eigenvalue weighted by molar-refractivity contribution is 5.96. The smallest absolute Gasteiger partial charge is 0.331 e. The lowest BCUT2D eigenvalue weighted by molar-refractivity contribution is -0.152. The third-order valence-electron chi connectivity index (χ3n) is 2.43. The summed E-state index contributed by atoms with van der Waals surface area (Å²) in [7, 11) is 3.85. The van der Waals surface area contributed by atoms with Gasteiger partial charge < -0.3 is 19.6 Å². The molecule has 1 heterocycles. The van der Waals surface area contributed by atoms with Gasteiger partial charge in [-0.1, -0.05) is 0 Å². The van der Waals surface area contributed by atoms with E-state index in [9.17, 15) is 14.4 Å². The molecule has 1 N–H and O–H groups in total. The predicted octanol–water partition coefficient (Wildman–Crippen LogP) is -1.02. The van der Waals surface area contributed by atoms with Gasteiger partial charge in [0.15, 0.2) is 12.1 Å². The highest BCUT2D eigenvalue weighted by atomic mass is 16.5. The van der Waals surface area contributed by atoms with E-state index in [-0.39, 0.29) is 0 Å². The number of hydrogen-bond donors (Lipinski definition) is 1. The zero-order valence-corrected chi connectivity index (χ0v) is 8.63. The molecule has 2 atom stereocenters. The van der Waals surface area contributed by atoms with Crippen molar-refractivity contribution in [2.45, 2.75) is 12.1 Å². The van der Waals surface area contributed by atoms with E-state index in [2.05, 4.69) is 4.74 Å². The summed E-state index contributed by atoms with van der Waals surface area (Å²) in [6.07, 6.45) is 0. The van der Waals surface area contributed by atoms with Gasteiger partial charge in [-0.25, -0.2) is 14.4 Å². The number of carbonyl (C=O) groups is 3. The first kappa shape index (κ1) is 11.3. The van der Waals surface area contributed by atoms with Crippen LogP contribution in [-0.4, -0.2) is 66.2 Å². The molecule has 2 unspecified atom stereocenters. The van der Waals surface area contributed by atoms with E-state index in [1.54, 1.807) is 0 Å². The summed E-state index contributed by atoms with van der Waals surface area (Å²) in [4.78, 5) is 35.7. The number of ether oxygens (including phenoxy) is 1. The molecule has 1 saturated heterocycles. The van der Waals surface area contributed by atoms with E-state index in [4.69, 9.17) is 5.11 Å². The SMILES string of the molecule is COC(=O)C1C(C(=O)O)N(C)C(=O)N1C. The van der Waals surface area contributed by atoms with E-state index in [0.717, 1.165) is 16.9 Å². The van der Waals surface area contributed by atoms with Crippen molar-refractivity contribution < 1.29 is 24.2 Å². The Morgan fingerprint density at radius 1 is 1.27 bits per heavy atom. The minimum Gasteiger partial charge on any atom is -0.480 e.